The lowest BCUT2D eigenvalue weighted by Crippen LogP contribution is -2.30. The van der Waals surface area contributed by atoms with Crippen LogP contribution in [-0.4, -0.2) is 30.1 Å². The Morgan fingerprint density at radius 2 is 1.97 bits per heavy atom. The SMILES string of the molecule is CCCC(=O)Nc1cccc(C(=O)CC2=NC(C)(C)Cc3ccc(OC)cc32)c1. The summed E-state index contributed by atoms with van der Waals surface area (Å²) in [5, 5.41) is 2.85. The maximum atomic E-state index is 13.0. The van der Waals surface area contributed by atoms with Gasteiger partial charge < -0.3 is 10.1 Å². The molecule has 0 saturated carbocycles. The van der Waals surface area contributed by atoms with Gasteiger partial charge in [-0.25, -0.2) is 0 Å². The van der Waals surface area contributed by atoms with Crippen molar-refractivity contribution >= 4 is 23.1 Å². The predicted octanol–water partition coefficient (Wildman–Crippen LogP) is 4.83. The van der Waals surface area contributed by atoms with E-state index in [0.29, 0.717) is 17.7 Å². The molecule has 0 atom stereocenters. The summed E-state index contributed by atoms with van der Waals surface area (Å²) < 4.78 is 5.36. The van der Waals surface area contributed by atoms with Gasteiger partial charge in [-0.05, 0) is 56.5 Å². The van der Waals surface area contributed by atoms with E-state index in [-0.39, 0.29) is 23.7 Å². The van der Waals surface area contributed by atoms with E-state index in [1.165, 1.54) is 5.56 Å². The Kier molecular flexibility index (Phi) is 6.16. The van der Waals surface area contributed by atoms with Crippen molar-refractivity contribution in [3.05, 3.63) is 59.2 Å². The van der Waals surface area contributed by atoms with E-state index in [9.17, 15) is 9.59 Å². The molecular formula is C24H28N2O3. The molecule has 0 aromatic heterocycles. The number of hydrogen-bond acceptors (Lipinski definition) is 4. The van der Waals surface area contributed by atoms with Gasteiger partial charge in [0.15, 0.2) is 5.78 Å². The molecule has 1 aliphatic heterocycles. The number of nitrogens with zero attached hydrogens (tertiary/aromatic N) is 1. The first-order valence-electron chi connectivity index (χ1n) is 10.0. The quantitative estimate of drug-likeness (QED) is 0.686. The molecule has 0 saturated heterocycles. The second kappa shape index (κ2) is 8.60. The highest BCUT2D eigenvalue weighted by molar-refractivity contribution is 6.17. The normalized spacial score (nSPS) is 14.6. The lowest BCUT2D eigenvalue weighted by atomic mass is 9.85. The van der Waals surface area contributed by atoms with Gasteiger partial charge in [-0.1, -0.05) is 25.1 Å². The van der Waals surface area contributed by atoms with E-state index in [1.807, 2.05) is 19.1 Å². The topological polar surface area (TPSA) is 67.8 Å². The monoisotopic (exact) mass is 392 g/mol. The zero-order valence-electron chi connectivity index (χ0n) is 17.5. The van der Waals surface area contributed by atoms with E-state index >= 15 is 0 Å². The van der Waals surface area contributed by atoms with Crippen molar-refractivity contribution in [1.82, 2.24) is 0 Å². The number of anilines is 1. The van der Waals surface area contributed by atoms with Crippen molar-refractivity contribution in [2.24, 2.45) is 4.99 Å². The van der Waals surface area contributed by atoms with Crippen LogP contribution in [0.4, 0.5) is 5.69 Å². The lowest BCUT2D eigenvalue weighted by Gasteiger charge is -2.29. The molecule has 2 aromatic rings. The number of aliphatic imine (C=N–C) groups is 1. The highest BCUT2D eigenvalue weighted by Gasteiger charge is 2.28. The summed E-state index contributed by atoms with van der Waals surface area (Å²) in [5.41, 5.74) is 3.88. The Morgan fingerprint density at radius 3 is 2.69 bits per heavy atom. The largest absolute Gasteiger partial charge is 0.497 e. The third kappa shape index (κ3) is 5.11. The number of methoxy groups -OCH3 is 1. The van der Waals surface area contributed by atoms with Crippen molar-refractivity contribution in [1.29, 1.82) is 0 Å². The van der Waals surface area contributed by atoms with Gasteiger partial charge in [0.25, 0.3) is 0 Å². The number of carbonyl (C=O) groups excluding carboxylic acids is 2. The van der Waals surface area contributed by atoms with Gasteiger partial charge in [0.1, 0.15) is 5.75 Å². The molecule has 3 rings (SSSR count). The van der Waals surface area contributed by atoms with Crippen LogP contribution >= 0.6 is 0 Å². The molecule has 1 heterocycles. The van der Waals surface area contributed by atoms with E-state index in [4.69, 9.17) is 9.73 Å². The zero-order chi connectivity index (χ0) is 21.0. The summed E-state index contributed by atoms with van der Waals surface area (Å²) in [6.07, 6.45) is 2.27. The summed E-state index contributed by atoms with van der Waals surface area (Å²) in [6, 6.07) is 13.1. The number of ketones is 1. The van der Waals surface area contributed by atoms with Crippen molar-refractivity contribution < 1.29 is 14.3 Å². The highest BCUT2D eigenvalue weighted by atomic mass is 16.5. The second-order valence-corrected chi connectivity index (χ2v) is 8.05. The lowest BCUT2D eigenvalue weighted by molar-refractivity contribution is -0.116. The minimum atomic E-state index is -0.257. The Labute approximate surface area is 172 Å². The number of nitrogens with one attached hydrogen (secondary N) is 1. The van der Waals surface area contributed by atoms with Gasteiger partial charge in [-0.15, -0.1) is 0 Å². The predicted molar refractivity (Wildman–Crippen MR) is 116 cm³/mol. The Morgan fingerprint density at radius 1 is 1.17 bits per heavy atom. The molecule has 152 valence electrons. The number of rotatable bonds is 7. The van der Waals surface area contributed by atoms with Crippen LogP contribution in [0.25, 0.3) is 0 Å². The summed E-state index contributed by atoms with van der Waals surface area (Å²) in [5.74, 6) is 0.683. The number of benzene rings is 2. The van der Waals surface area contributed by atoms with E-state index in [0.717, 1.165) is 29.9 Å². The third-order valence-corrected chi connectivity index (χ3v) is 4.96. The van der Waals surface area contributed by atoms with E-state index in [1.54, 1.807) is 31.4 Å². The van der Waals surface area contributed by atoms with Gasteiger partial charge in [0.2, 0.25) is 5.91 Å². The number of carbonyl (C=O) groups is 2. The van der Waals surface area contributed by atoms with Crippen LogP contribution in [0.1, 0.15) is 61.5 Å². The highest BCUT2D eigenvalue weighted by Crippen LogP contribution is 2.31. The zero-order valence-corrected chi connectivity index (χ0v) is 17.5. The Hall–Kier alpha value is -2.95. The number of fused-ring (bicyclic) bond motifs is 1. The molecule has 5 heteroatoms. The van der Waals surface area contributed by atoms with Gasteiger partial charge in [-0.3, -0.25) is 14.6 Å². The molecule has 0 spiro atoms. The summed E-state index contributed by atoms with van der Waals surface area (Å²) in [4.78, 5) is 29.7. The van der Waals surface area contributed by atoms with Crippen LogP contribution in [0.3, 0.4) is 0 Å². The molecule has 0 aliphatic carbocycles. The summed E-state index contributed by atoms with van der Waals surface area (Å²) >= 11 is 0. The maximum Gasteiger partial charge on any atom is 0.224 e. The van der Waals surface area contributed by atoms with Crippen molar-refractivity contribution in [3.63, 3.8) is 0 Å². The molecule has 2 aromatic carbocycles. The molecule has 1 N–H and O–H groups in total. The van der Waals surface area contributed by atoms with Gasteiger partial charge in [0, 0.05) is 23.2 Å². The van der Waals surface area contributed by atoms with Gasteiger partial charge >= 0.3 is 0 Å². The number of hydrogen-bond donors (Lipinski definition) is 1. The summed E-state index contributed by atoms with van der Waals surface area (Å²) in [6.45, 7) is 6.11. The van der Waals surface area contributed by atoms with Crippen LogP contribution < -0.4 is 10.1 Å². The van der Waals surface area contributed by atoms with Crippen LogP contribution in [-0.2, 0) is 11.2 Å². The average molecular weight is 392 g/mol. The summed E-state index contributed by atoms with van der Waals surface area (Å²) in [7, 11) is 1.63. The molecule has 1 aliphatic rings. The standard InChI is InChI=1S/C24H28N2O3/c1-5-7-23(28)25-18-9-6-8-16(12-18)22(27)14-21-20-13-19(29-4)11-10-17(20)15-24(2,3)26-21/h6,8-13H,5,7,14-15H2,1-4H3,(H,25,28). The molecule has 0 bridgehead atoms. The number of Topliss-reactive ketones (excluding diaryl/α,β-unsaturated/α-hetero) is 1. The minimum Gasteiger partial charge on any atom is -0.497 e. The van der Waals surface area contributed by atoms with Crippen LogP contribution in [0.15, 0.2) is 47.5 Å². The number of amides is 1. The fourth-order valence-electron chi connectivity index (χ4n) is 3.65. The molecule has 0 unspecified atom stereocenters. The third-order valence-electron chi connectivity index (χ3n) is 4.96. The second-order valence-electron chi connectivity index (χ2n) is 8.05. The molecule has 1 amide bonds. The van der Waals surface area contributed by atoms with E-state index < -0.39 is 0 Å². The molecule has 0 fully saturated rings. The fourth-order valence-corrected chi connectivity index (χ4v) is 3.65. The Bertz CT molecular complexity index is 960. The van der Waals surface area contributed by atoms with Crippen molar-refractivity contribution in [3.8, 4) is 5.75 Å². The average Bonchev–Trinajstić information content (AvgIpc) is 2.67. The smallest absolute Gasteiger partial charge is 0.224 e. The molecular weight excluding hydrogens is 364 g/mol. The van der Waals surface area contributed by atoms with Crippen LogP contribution in [0.2, 0.25) is 0 Å². The van der Waals surface area contributed by atoms with Gasteiger partial charge in [-0.2, -0.15) is 0 Å². The van der Waals surface area contributed by atoms with E-state index in [2.05, 4.69) is 25.2 Å². The van der Waals surface area contributed by atoms with Crippen LogP contribution in [0, 0.1) is 0 Å². The maximum absolute atomic E-state index is 13.0. The fraction of sp³-hybridized carbons (Fsp3) is 0.375. The van der Waals surface area contributed by atoms with Crippen molar-refractivity contribution in [2.75, 3.05) is 12.4 Å². The van der Waals surface area contributed by atoms with Crippen LogP contribution in [0.5, 0.6) is 5.75 Å². The molecule has 0 radical (unpaired) electrons. The molecule has 5 nitrogen and oxygen atoms in total. The first kappa shape index (κ1) is 20.8. The first-order chi connectivity index (χ1) is 13.8. The Balaban J connectivity index is 1.85. The molecule has 29 heavy (non-hydrogen) atoms. The first-order valence-corrected chi connectivity index (χ1v) is 10.0. The number of ether oxygens (including phenoxy) is 1. The van der Waals surface area contributed by atoms with Crippen molar-refractivity contribution in [2.45, 2.75) is 52.0 Å². The minimum absolute atomic E-state index is 0.0261. The van der Waals surface area contributed by atoms with Gasteiger partial charge in [0.05, 0.1) is 24.8 Å².